The molecule has 128 valence electrons. The molecule has 1 amide bonds. The molecule has 2 atom stereocenters. The lowest BCUT2D eigenvalue weighted by Crippen LogP contribution is -2.49. The Morgan fingerprint density at radius 3 is 2.71 bits per heavy atom. The summed E-state index contributed by atoms with van der Waals surface area (Å²) >= 11 is 0. The van der Waals surface area contributed by atoms with Crippen molar-refractivity contribution < 1.29 is 4.79 Å². The van der Waals surface area contributed by atoms with Crippen LogP contribution in [0.2, 0.25) is 0 Å². The lowest BCUT2D eigenvalue weighted by molar-refractivity contribution is -0.131. The molecule has 1 aromatic heterocycles. The number of carbonyl (C=O) groups excluding carboxylic acids is 1. The highest BCUT2D eigenvalue weighted by Crippen LogP contribution is 2.29. The minimum Gasteiger partial charge on any atom is -0.350 e. The summed E-state index contributed by atoms with van der Waals surface area (Å²) in [7, 11) is 4.05. The van der Waals surface area contributed by atoms with E-state index in [0.29, 0.717) is 24.2 Å². The second-order valence-corrected chi connectivity index (χ2v) is 6.86. The molecule has 0 aromatic carbocycles. The Balaban J connectivity index is 1.63. The summed E-state index contributed by atoms with van der Waals surface area (Å²) in [4.78, 5) is 23.4. The Kier molecular flexibility index (Phi) is 5.00. The minimum absolute atomic E-state index is 0.173. The molecule has 2 saturated heterocycles. The standard InChI is InChI=1S/C18H25N5O/c1-21-9-3-5-15(21)16-6-4-10-23(16)18(24)13-22(2)17-8-7-14(11-19)12-20-17/h7-8,12,15-16H,3-6,9-10,13H2,1-2H3/t15-,16-/m0/s1. The summed E-state index contributed by atoms with van der Waals surface area (Å²) in [6, 6.07) is 6.44. The van der Waals surface area contributed by atoms with Crippen LogP contribution in [0.4, 0.5) is 5.82 Å². The van der Waals surface area contributed by atoms with E-state index < -0.39 is 0 Å². The Bertz CT molecular complexity index is 623. The summed E-state index contributed by atoms with van der Waals surface area (Å²) in [6.07, 6.45) is 6.17. The summed E-state index contributed by atoms with van der Waals surface area (Å²) in [5.74, 6) is 0.891. The van der Waals surface area contributed by atoms with Crippen molar-refractivity contribution in [2.24, 2.45) is 0 Å². The first-order valence-corrected chi connectivity index (χ1v) is 8.67. The van der Waals surface area contributed by atoms with E-state index in [1.165, 1.54) is 12.8 Å². The van der Waals surface area contributed by atoms with Crippen LogP contribution in [0.5, 0.6) is 0 Å². The topological polar surface area (TPSA) is 63.5 Å². The lowest BCUT2D eigenvalue weighted by atomic mass is 10.0. The molecular formula is C18H25N5O. The van der Waals surface area contributed by atoms with Crippen molar-refractivity contribution in [1.29, 1.82) is 5.26 Å². The van der Waals surface area contributed by atoms with Gasteiger partial charge in [0.25, 0.3) is 0 Å². The SMILES string of the molecule is CN(CC(=O)N1CCC[C@H]1[C@@H]1CCCN1C)c1ccc(C#N)cn1. The van der Waals surface area contributed by atoms with E-state index >= 15 is 0 Å². The molecule has 3 heterocycles. The van der Waals surface area contributed by atoms with Crippen LogP contribution < -0.4 is 4.90 Å². The minimum atomic E-state index is 0.173. The number of carbonyl (C=O) groups is 1. The van der Waals surface area contributed by atoms with Crippen molar-refractivity contribution in [2.75, 3.05) is 38.6 Å². The maximum Gasteiger partial charge on any atom is 0.242 e. The van der Waals surface area contributed by atoms with Gasteiger partial charge < -0.3 is 14.7 Å². The Hall–Kier alpha value is -2.13. The van der Waals surface area contributed by atoms with Crippen molar-refractivity contribution in [3.63, 3.8) is 0 Å². The Morgan fingerprint density at radius 1 is 1.33 bits per heavy atom. The van der Waals surface area contributed by atoms with Gasteiger partial charge in [0.15, 0.2) is 0 Å². The highest BCUT2D eigenvalue weighted by Gasteiger charge is 2.38. The van der Waals surface area contributed by atoms with Gasteiger partial charge in [-0.2, -0.15) is 5.26 Å². The lowest BCUT2D eigenvalue weighted by Gasteiger charge is -2.34. The Labute approximate surface area is 143 Å². The van der Waals surface area contributed by atoms with Gasteiger partial charge in [0, 0.05) is 31.9 Å². The average Bonchev–Trinajstić information content (AvgIpc) is 3.23. The van der Waals surface area contributed by atoms with Gasteiger partial charge in [-0.05, 0) is 51.4 Å². The van der Waals surface area contributed by atoms with Gasteiger partial charge >= 0.3 is 0 Å². The number of likely N-dealkylation sites (tertiary alicyclic amines) is 2. The fourth-order valence-electron chi connectivity index (χ4n) is 3.98. The van der Waals surface area contributed by atoms with Crippen LogP contribution in [0.15, 0.2) is 18.3 Å². The van der Waals surface area contributed by atoms with Crippen molar-refractivity contribution in [2.45, 2.75) is 37.8 Å². The number of aromatic nitrogens is 1. The van der Waals surface area contributed by atoms with Gasteiger partial charge in [-0.1, -0.05) is 0 Å². The molecule has 0 spiro atoms. The number of nitriles is 1. The second-order valence-electron chi connectivity index (χ2n) is 6.86. The Morgan fingerprint density at radius 2 is 2.08 bits per heavy atom. The van der Waals surface area contributed by atoms with Crippen LogP contribution in [0.1, 0.15) is 31.2 Å². The van der Waals surface area contributed by atoms with E-state index in [-0.39, 0.29) is 5.91 Å². The zero-order valence-corrected chi connectivity index (χ0v) is 14.5. The van der Waals surface area contributed by atoms with Crippen LogP contribution in [-0.2, 0) is 4.79 Å². The highest BCUT2D eigenvalue weighted by molar-refractivity contribution is 5.81. The molecule has 0 N–H and O–H groups in total. The number of hydrogen-bond acceptors (Lipinski definition) is 5. The number of nitrogens with zero attached hydrogens (tertiary/aromatic N) is 5. The average molecular weight is 327 g/mol. The summed E-state index contributed by atoms with van der Waals surface area (Å²) in [6.45, 7) is 2.33. The van der Waals surface area contributed by atoms with Crippen molar-refractivity contribution in [3.05, 3.63) is 23.9 Å². The molecule has 2 fully saturated rings. The molecule has 0 aliphatic carbocycles. The maximum absolute atomic E-state index is 12.8. The van der Waals surface area contributed by atoms with E-state index in [1.807, 2.05) is 11.9 Å². The molecule has 24 heavy (non-hydrogen) atoms. The maximum atomic E-state index is 12.8. The molecule has 1 aromatic rings. The van der Waals surface area contributed by atoms with Crippen molar-refractivity contribution in [3.8, 4) is 6.07 Å². The van der Waals surface area contributed by atoms with Gasteiger partial charge in [0.05, 0.1) is 12.1 Å². The smallest absolute Gasteiger partial charge is 0.242 e. The number of hydrogen-bond donors (Lipinski definition) is 0. The summed E-state index contributed by atoms with van der Waals surface area (Å²) in [5, 5.41) is 8.84. The van der Waals surface area contributed by atoms with E-state index in [9.17, 15) is 4.79 Å². The quantitative estimate of drug-likeness (QED) is 0.838. The first-order valence-electron chi connectivity index (χ1n) is 8.67. The molecule has 2 aliphatic rings. The third-order valence-electron chi connectivity index (χ3n) is 5.28. The third-order valence-corrected chi connectivity index (χ3v) is 5.28. The number of amides is 1. The number of rotatable bonds is 4. The van der Waals surface area contributed by atoms with Gasteiger partial charge in [0.1, 0.15) is 11.9 Å². The zero-order valence-electron chi connectivity index (χ0n) is 14.5. The van der Waals surface area contributed by atoms with Gasteiger partial charge in [-0.15, -0.1) is 0 Å². The van der Waals surface area contributed by atoms with Crippen LogP contribution in [-0.4, -0.2) is 66.5 Å². The van der Waals surface area contributed by atoms with Gasteiger partial charge in [-0.25, -0.2) is 4.98 Å². The highest BCUT2D eigenvalue weighted by atomic mass is 16.2. The largest absolute Gasteiger partial charge is 0.350 e. The van der Waals surface area contributed by atoms with Crippen LogP contribution in [0, 0.1) is 11.3 Å². The monoisotopic (exact) mass is 327 g/mol. The van der Waals surface area contributed by atoms with Crippen LogP contribution in [0.3, 0.4) is 0 Å². The fraction of sp³-hybridized carbons (Fsp3) is 0.611. The first kappa shape index (κ1) is 16.7. The summed E-state index contributed by atoms with van der Waals surface area (Å²) in [5.41, 5.74) is 0.530. The van der Waals surface area contributed by atoms with E-state index in [0.717, 1.165) is 31.7 Å². The van der Waals surface area contributed by atoms with Crippen LogP contribution >= 0.6 is 0 Å². The van der Waals surface area contributed by atoms with E-state index in [4.69, 9.17) is 5.26 Å². The van der Waals surface area contributed by atoms with Crippen molar-refractivity contribution in [1.82, 2.24) is 14.8 Å². The molecule has 0 unspecified atom stereocenters. The molecular weight excluding hydrogens is 302 g/mol. The van der Waals surface area contributed by atoms with Gasteiger partial charge in [0.2, 0.25) is 5.91 Å². The second kappa shape index (κ2) is 7.18. The normalized spacial score (nSPS) is 24.1. The van der Waals surface area contributed by atoms with Crippen molar-refractivity contribution >= 4 is 11.7 Å². The molecule has 6 heteroatoms. The molecule has 2 aliphatic heterocycles. The number of anilines is 1. The molecule has 0 radical (unpaired) electrons. The van der Waals surface area contributed by atoms with Crippen LogP contribution in [0.25, 0.3) is 0 Å². The third kappa shape index (κ3) is 3.36. The number of pyridine rings is 1. The molecule has 6 nitrogen and oxygen atoms in total. The van der Waals surface area contributed by atoms with E-state index in [2.05, 4.69) is 27.9 Å². The predicted octanol–water partition coefficient (Wildman–Crippen LogP) is 1.47. The van der Waals surface area contributed by atoms with E-state index in [1.54, 1.807) is 18.3 Å². The molecule has 0 saturated carbocycles. The fourth-order valence-corrected chi connectivity index (χ4v) is 3.98. The summed E-state index contributed by atoms with van der Waals surface area (Å²) < 4.78 is 0. The molecule has 3 rings (SSSR count). The molecule has 0 bridgehead atoms. The van der Waals surface area contributed by atoms with Gasteiger partial charge in [-0.3, -0.25) is 4.79 Å². The number of likely N-dealkylation sites (N-methyl/N-ethyl adjacent to an activating group) is 2. The zero-order chi connectivity index (χ0) is 17.1. The predicted molar refractivity (Wildman–Crippen MR) is 92.6 cm³/mol. The first-order chi connectivity index (χ1) is 11.6.